The highest BCUT2D eigenvalue weighted by atomic mass is 32.2. The Bertz CT molecular complexity index is 864. The highest BCUT2D eigenvalue weighted by molar-refractivity contribution is 7.91. The number of rotatable bonds is 4. The Labute approximate surface area is 154 Å². The van der Waals surface area contributed by atoms with Crippen LogP contribution in [0.25, 0.3) is 11.4 Å². The Morgan fingerprint density at radius 3 is 2.50 bits per heavy atom. The largest absolute Gasteiger partial charge is 0.366 e. The molecule has 1 N–H and O–H groups in total. The molecule has 7 heteroatoms. The van der Waals surface area contributed by atoms with Crippen LogP contribution in [-0.2, 0) is 9.84 Å². The standard InChI is InChI=1S/C19H24N4O2S/c24-26(25)12-9-16(14-26)20-17-13-18(23-10-5-2-6-11-23)22-19(21-17)15-7-3-1-4-8-15/h1,3-4,7-8,13,16H,2,5-6,9-12,14H2,(H,20,21,22). The number of aromatic nitrogens is 2. The molecule has 0 spiro atoms. The lowest BCUT2D eigenvalue weighted by molar-refractivity contribution is 0.573. The summed E-state index contributed by atoms with van der Waals surface area (Å²) in [7, 11) is -2.92. The van der Waals surface area contributed by atoms with Gasteiger partial charge in [0.25, 0.3) is 0 Å². The zero-order chi connectivity index (χ0) is 18.0. The zero-order valence-electron chi connectivity index (χ0n) is 14.8. The van der Waals surface area contributed by atoms with Crippen LogP contribution in [0.5, 0.6) is 0 Å². The summed E-state index contributed by atoms with van der Waals surface area (Å²) in [6, 6.07) is 11.8. The Morgan fingerprint density at radius 2 is 1.81 bits per heavy atom. The van der Waals surface area contributed by atoms with Gasteiger partial charge < -0.3 is 10.2 Å². The molecule has 1 unspecified atom stereocenters. The van der Waals surface area contributed by atoms with E-state index in [0.29, 0.717) is 18.1 Å². The summed E-state index contributed by atoms with van der Waals surface area (Å²) in [5.74, 6) is 2.73. The first kappa shape index (κ1) is 17.3. The van der Waals surface area contributed by atoms with Crippen molar-refractivity contribution in [3.05, 3.63) is 36.4 Å². The van der Waals surface area contributed by atoms with Crippen molar-refractivity contribution in [3.8, 4) is 11.4 Å². The van der Waals surface area contributed by atoms with Crippen LogP contribution in [-0.4, -0.2) is 49.0 Å². The fraction of sp³-hybridized carbons (Fsp3) is 0.474. The van der Waals surface area contributed by atoms with Crippen molar-refractivity contribution in [3.63, 3.8) is 0 Å². The molecule has 1 atom stereocenters. The van der Waals surface area contributed by atoms with Crippen LogP contribution in [0.3, 0.4) is 0 Å². The highest BCUT2D eigenvalue weighted by Gasteiger charge is 2.28. The van der Waals surface area contributed by atoms with Gasteiger partial charge in [-0.1, -0.05) is 30.3 Å². The van der Waals surface area contributed by atoms with Crippen molar-refractivity contribution in [1.29, 1.82) is 0 Å². The number of nitrogens with zero attached hydrogens (tertiary/aromatic N) is 3. The van der Waals surface area contributed by atoms with Gasteiger partial charge in [0.1, 0.15) is 11.6 Å². The lowest BCUT2D eigenvalue weighted by atomic mass is 10.1. The van der Waals surface area contributed by atoms with E-state index < -0.39 is 9.84 Å². The van der Waals surface area contributed by atoms with Gasteiger partial charge >= 0.3 is 0 Å². The number of hydrogen-bond donors (Lipinski definition) is 1. The van der Waals surface area contributed by atoms with Gasteiger partial charge in [-0.05, 0) is 25.7 Å². The third-order valence-electron chi connectivity index (χ3n) is 5.01. The summed E-state index contributed by atoms with van der Waals surface area (Å²) < 4.78 is 23.5. The summed E-state index contributed by atoms with van der Waals surface area (Å²) in [6.07, 6.45) is 4.24. The number of hydrogen-bond acceptors (Lipinski definition) is 6. The number of sulfone groups is 1. The topological polar surface area (TPSA) is 75.2 Å². The van der Waals surface area contributed by atoms with Gasteiger partial charge in [-0.3, -0.25) is 0 Å². The lowest BCUT2D eigenvalue weighted by Gasteiger charge is -2.28. The van der Waals surface area contributed by atoms with Crippen molar-refractivity contribution >= 4 is 21.5 Å². The third-order valence-corrected chi connectivity index (χ3v) is 6.78. The maximum absolute atomic E-state index is 11.8. The van der Waals surface area contributed by atoms with E-state index in [1.54, 1.807) is 0 Å². The number of piperidine rings is 1. The highest BCUT2D eigenvalue weighted by Crippen LogP contribution is 2.26. The summed E-state index contributed by atoms with van der Waals surface area (Å²) in [6.45, 7) is 2.00. The Balaban J connectivity index is 1.66. The molecule has 2 aliphatic heterocycles. The van der Waals surface area contributed by atoms with Gasteiger partial charge in [0.05, 0.1) is 11.5 Å². The predicted octanol–water partition coefficient (Wildman–Crippen LogP) is 2.73. The van der Waals surface area contributed by atoms with E-state index in [1.807, 2.05) is 36.4 Å². The first-order valence-corrected chi connectivity index (χ1v) is 11.1. The molecule has 6 nitrogen and oxygen atoms in total. The van der Waals surface area contributed by atoms with Crippen molar-refractivity contribution in [1.82, 2.24) is 9.97 Å². The summed E-state index contributed by atoms with van der Waals surface area (Å²) in [5.41, 5.74) is 0.966. The predicted molar refractivity (Wildman–Crippen MR) is 104 cm³/mol. The molecule has 0 saturated carbocycles. The molecule has 26 heavy (non-hydrogen) atoms. The summed E-state index contributed by atoms with van der Waals surface area (Å²) in [4.78, 5) is 11.8. The second kappa shape index (κ2) is 7.23. The molecule has 1 aromatic heterocycles. The van der Waals surface area contributed by atoms with Gasteiger partial charge in [0, 0.05) is 30.8 Å². The monoisotopic (exact) mass is 372 g/mol. The van der Waals surface area contributed by atoms with Crippen LogP contribution < -0.4 is 10.2 Å². The Morgan fingerprint density at radius 1 is 1.04 bits per heavy atom. The second-order valence-corrected chi connectivity index (χ2v) is 9.32. The van der Waals surface area contributed by atoms with Crippen molar-refractivity contribution < 1.29 is 8.42 Å². The van der Waals surface area contributed by atoms with Gasteiger partial charge in [-0.2, -0.15) is 0 Å². The van der Waals surface area contributed by atoms with E-state index in [4.69, 9.17) is 4.98 Å². The van der Waals surface area contributed by atoms with Gasteiger partial charge in [0.15, 0.2) is 15.7 Å². The fourth-order valence-corrected chi connectivity index (χ4v) is 5.30. The Hall–Kier alpha value is -2.15. The molecule has 0 radical (unpaired) electrons. The molecule has 1 aromatic carbocycles. The van der Waals surface area contributed by atoms with E-state index in [9.17, 15) is 8.42 Å². The van der Waals surface area contributed by atoms with E-state index in [1.165, 1.54) is 19.3 Å². The van der Waals surface area contributed by atoms with Crippen molar-refractivity contribution in [2.45, 2.75) is 31.7 Å². The third kappa shape index (κ3) is 3.98. The maximum Gasteiger partial charge on any atom is 0.163 e. The molecule has 138 valence electrons. The summed E-state index contributed by atoms with van der Waals surface area (Å²) >= 11 is 0. The molecule has 0 bridgehead atoms. The van der Waals surface area contributed by atoms with Crippen LogP contribution >= 0.6 is 0 Å². The van der Waals surface area contributed by atoms with E-state index in [0.717, 1.165) is 24.5 Å². The average molecular weight is 372 g/mol. The second-order valence-electron chi connectivity index (χ2n) is 7.09. The molecule has 0 aliphatic carbocycles. The maximum atomic E-state index is 11.8. The zero-order valence-corrected chi connectivity index (χ0v) is 15.6. The smallest absolute Gasteiger partial charge is 0.163 e. The van der Waals surface area contributed by atoms with Crippen LogP contribution in [0, 0.1) is 0 Å². The van der Waals surface area contributed by atoms with Crippen LogP contribution in [0.4, 0.5) is 11.6 Å². The molecule has 2 fully saturated rings. The first-order valence-electron chi connectivity index (χ1n) is 9.25. The van der Waals surface area contributed by atoms with Gasteiger partial charge in [-0.25, -0.2) is 18.4 Å². The van der Waals surface area contributed by atoms with Crippen molar-refractivity contribution in [2.75, 3.05) is 34.8 Å². The minimum absolute atomic E-state index is 0.0762. The minimum Gasteiger partial charge on any atom is -0.366 e. The van der Waals surface area contributed by atoms with E-state index in [-0.39, 0.29) is 17.5 Å². The SMILES string of the molecule is O=S1(=O)CCC(Nc2cc(N3CCCCC3)nc(-c3ccccc3)n2)C1. The van der Waals surface area contributed by atoms with Gasteiger partial charge in [0.2, 0.25) is 0 Å². The van der Waals surface area contributed by atoms with E-state index >= 15 is 0 Å². The van der Waals surface area contributed by atoms with E-state index in [2.05, 4.69) is 15.2 Å². The van der Waals surface area contributed by atoms with Crippen LogP contribution in [0.15, 0.2) is 36.4 Å². The molecular weight excluding hydrogens is 348 g/mol. The quantitative estimate of drug-likeness (QED) is 0.889. The Kier molecular flexibility index (Phi) is 4.80. The number of benzene rings is 1. The first-order chi connectivity index (χ1) is 12.6. The normalized spacial score (nSPS) is 22.3. The molecule has 3 heterocycles. The fourth-order valence-electron chi connectivity index (χ4n) is 3.63. The molecule has 2 saturated heterocycles. The number of nitrogens with one attached hydrogen (secondary N) is 1. The molecule has 2 aromatic rings. The summed E-state index contributed by atoms with van der Waals surface area (Å²) in [5, 5.41) is 3.33. The molecular formula is C19H24N4O2S. The van der Waals surface area contributed by atoms with Crippen molar-refractivity contribution in [2.24, 2.45) is 0 Å². The molecule has 4 rings (SSSR count). The average Bonchev–Trinajstić information content (AvgIpc) is 3.01. The van der Waals surface area contributed by atoms with Crippen LogP contribution in [0.1, 0.15) is 25.7 Å². The van der Waals surface area contributed by atoms with Gasteiger partial charge in [-0.15, -0.1) is 0 Å². The molecule has 2 aliphatic rings. The molecule has 0 amide bonds. The minimum atomic E-state index is -2.92. The number of anilines is 2. The van der Waals surface area contributed by atoms with Crippen LogP contribution in [0.2, 0.25) is 0 Å². The lowest BCUT2D eigenvalue weighted by Crippen LogP contribution is -2.30.